The van der Waals surface area contributed by atoms with Crippen molar-refractivity contribution in [2.24, 2.45) is 4.99 Å². The number of halogens is 2. The Labute approximate surface area is 170 Å². The number of hydrogen-bond donors (Lipinski definition) is 2. The van der Waals surface area contributed by atoms with Crippen molar-refractivity contribution in [1.29, 1.82) is 0 Å². The van der Waals surface area contributed by atoms with Crippen LogP contribution < -0.4 is 10.6 Å². The topological polar surface area (TPSA) is 39.7 Å². The number of nitrogens with one attached hydrogen (secondary N) is 2. The first kappa shape index (κ1) is 21.9. The molecule has 0 amide bonds. The molecular formula is C18H26FIN4S. The Morgan fingerprint density at radius 1 is 1.28 bits per heavy atom. The third kappa shape index (κ3) is 6.56. The summed E-state index contributed by atoms with van der Waals surface area (Å²) in [6.07, 6.45) is 0. The second kappa shape index (κ2) is 10.7. The van der Waals surface area contributed by atoms with E-state index in [0.717, 1.165) is 12.1 Å². The van der Waals surface area contributed by atoms with Gasteiger partial charge in [-0.2, -0.15) is 0 Å². The smallest absolute Gasteiger partial charge is 0.191 e. The molecule has 1 aromatic heterocycles. The lowest BCUT2D eigenvalue weighted by atomic mass is 10.1. The number of benzene rings is 1. The summed E-state index contributed by atoms with van der Waals surface area (Å²) < 4.78 is 13.6. The van der Waals surface area contributed by atoms with Gasteiger partial charge in [0.2, 0.25) is 0 Å². The Bertz CT molecular complexity index is 674. The molecule has 0 aliphatic heterocycles. The van der Waals surface area contributed by atoms with Crippen LogP contribution in [0.15, 0.2) is 40.7 Å². The molecule has 2 N–H and O–H groups in total. The number of nitrogens with zero attached hydrogens (tertiary/aromatic N) is 2. The van der Waals surface area contributed by atoms with Crippen LogP contribution in [-0.2, 0) is 6.54 Å². The highest BCUT2D eigenvalue weighted by Crippen LogP contribution is 2.22. The summed E-state index contributed by atoms with van der Waals surface area (Å²) in [6.45, 7) is 3.04. The molecule has 1 unspecified atom stereocenters. The predicted molar refractivity (Wildman–Crippen MR) is 116 cm³/mol. The van der Waals surface area contributed by atoms with Crippen molar-refractivity contribution >= 4 is 41.3 Å². The van der Waals surface area contributed by atoms with Crippen molar-refractivity contribution in [3.8, 4) is 0 Å². The summed E-state index contributed by atoms with van der Waals surface area (Å²) in [6, 6.07) is 9.76. The SMILES string of the molecule is CN=C(NCc1ccc(C)c(F)c1)NCC(c1cccs1)N(C)C.I. The van der Waals surface area contributed by atoms with E-state index in [9.17, 15) is 4.39 Å². The summed E-state index contributed by atoms with van der Waals surface area (Å²) >= 11 is 1.75. The van der Waals surface area contributed by atoms with Crippen LogP contribution >= 0.6 is 35.3 Å². The number of guanidine groups is 1. The van der Waals surface area contributed by atoms with E-state index in [1.807, 2.05) is 6.07 Å². The molecule has 1 aromatic carbocycles. The second-order valence-electron chi connectivity index (χ2n) is 5.89. The van der Waals surface area contributed by atoms with Gasteiger partial charge in [0.05, 0.1) is 6.04 Å². The molecule has 0 spiro atoms. The minimum absolute atomic E-state index is 0. The lowest BCUT2D eigenvalue weighted by molar-refractivity contribution is 0.302. The zero-order valence-corrected chi connectivity index (χ0v) is 18.2. The van der Waals surface area contributed by atoms with Gasteiger partial charge in [-0.05, 0) is 49.7 Å². The highest BCUT2D eigenvalue weighted by atomic mass is 127. The standard InChI is InChI=1S/C18H25FN4S.HI/c1-13-7-8-14(10-15(13)19)11-21-18(20-2)22-12-16(23(3)4)17-6-5-9-24-17;/h5-10,16H,11-12H2,1-4H3,(H2,20,21,22);1H. The van der Waals surface area contributed by atoms with E-state index in [1.54, 1.807) is 37.4 Å². The van der Waals surface area contributed by atoms with Crippen LogP contribution in [0.4, 0.5) is 4.39 Å². The zero-order valence-electron chi connectivity index (χ0n) is 15.0. The first-order chi connectivity index (χ1) is 11.5. The van der Waals surface area contributed by atoms with Crippen molar-refractivity contribution in [1.82, 2.24) is 15.5 Å². The molecule has 2 rings (SSSR count). The third-order valence-electron chi connectivity index (χ3n) is 3.88. The molecule has 0 saturated carbocycles. The van der Waals surface area contributed by atoms with Gasteiger partial charge in [-0.1, -0.05) is 18.2 Å². The van der Waals surface area contributed by atoms with Gasteiger partial charge in [0.25, 0.3) is 0 Å². The number of aliphatic imine (C=N–C) groups is 1. The second-order valence-corrected chi connectivity index (χ2v) is 6.86. The molecule has 0 radical (unpaired) electrons. The quantitative estimate of drug-likeness (QED) is 0.379. The third-order valence-corrected chi connectivity index (χ3v) is 4.85. The number of likely N-dealkylation sites (N-methyl/N-ethyl adjacent to an activating group) is 1. The van der Waals surface area contributed by atoms with Crippen LogP contribution in [0.5, 0.6) is 0 Å². The van der Waals surface area contributed by atoms with E-state index in [2.05, 4.69) is 52.1 Å². The number of rotatable bonds is 6. The maximum atomic E-state index is 13.6. The van der Waals surface area contributed by atoms with Gasteiger partial charge in [0.15, 0.2) is 5.96 Å². The fourth-order valence-electron chi connectivity index (χ4n) is 2.36. The Morgan fingerprint density at radius 2 is 2.04 bits per heavy atom. The van der Waals surface area contributed by atoms with Gasteiger partial charge in [0.1, 0.15) is 5.82 Å². The minimum Gasteiger partial charge on any atom is -0.354 e. The van der Waals surface area contributed by atoms with E-state index in [0.29, 0.717) is 18.1 Å². The highest BCUT2D eigenvalue weighted by molar-refractivity contribution is 14.0. The molecule has 4 nitrogen and oxygen atoms in total. The van der Waals surface area contributed by atoms with E-state index in [-0.39, 0.29) is 35.8 Å². The summed E-state index contributed by atoms with van der Waals surface area (Å²) in [5.74, 6) is 0.530. The first-order valence-corrected chi connectivity index (χ1v) is 8.78. The molecule has 1 atom stereocenters. The van der Waals surface area contributed by atoms with E-state index in [4.69, 9.17) is 0 Å². The molecule has 0 fully saturated rings. The van der Waals surface area contributed by atoms with E-state index < -0.39 is 0 Å². The molecule has 0 saturated heterocycles. The molecular weight excluding hydrogens is 450 g/mol. The van der Waals surface area contributed by atoms with Gasteiger partial charge >= 0.3 is 0 Å². The first-order valence-electron chi connectivity index (χ1n) is 7.90. The molecule has 0 aliphatic carbocycles. The van der Waals surface area contributed by atoms with Crippen LogP contribution in [0.3, 0.4) is 0 Å². The lowest BCUT2D eigenvalue weighted by Gasteiger charge is -2.24. The summed E-state index contributed by atoms with van der Waals surface area (Å²) in [5.41, 5.74) is 1.55. The fourth-order valence-corrected chi connectivity index (χ4v) is 3.29. The van der Waals surface area contributed by atoms with Crippen molar-refractivity contribution < 1.29 is 4.39 Å². The summed E-state index contributed by atoms with van der Waals surface area (Å²) in [4.78, 5) is 7.73. The van der Waals surface area contributed by atoms with Gasteiger partial charge in [-0.3, -0.25) is 4.99 Å². The molecule has 7 heteroatoms. The van der Waals surface area contributed by atoms with Gasteiger partial charge in [0, 0.05) is 25.0 Å². The van der Waals surface area contributed by atoms with Crippen LogP contribution in [0.2, 0.25) is 0 Å². The summed E-state index contributed by atoms with van der Waals surface area (Å²) in [7, 11) is 5.87. The Kier molecular flexibility index (Phi) is 9.37. The van der Waals surface area contributed by atoms with E-state index in [1.165, 1.54) is 4.88 Å². The molecule has 1 heterocycles. The molecule has 138 valence electrons. The van der Waals surface area contributed by atoms with Crippen molar-refractivity contribution in [2.45, 2.75) is 19.5 Å². The maximum Gasteiger partial charge on any atom is 0.191 e. The molecule has 2 aromatic rings. The molecule has 0 aliphatic rings. The lowest BCUT2D eigenvalue weighted by Crippen LogP contribution is -2.41. The summed E-state index contributed by atoms with van der Waals surface area (Å²) in [5, 5.41) is 8.66. The van der Waals surface area contributed by atoms with Gasteiger partial charge in [-0.25, -0.2) is 4.39 Å². The van der Waals surface area contributed by atoms with Crippen LogP contribution in [0.25, 0.3) is 0 Å². The largest absolute Gasteiger partial charge is 0.354 e. The molecule has 0 bridgehead atoms. The Balaban J connectivity index is 0.00000312. The average molecular weight is 476 g/mol. The number of thiophene rings is 1. The number of aryl methyl sites for hydroxylation is 1. The Morgan fingerprint density at radius 3 is 2.60 bits per heavy atom. The Hall–Kier alpha value is -1.19. The molecule has 25 heavy (non-hydrogen) atoms. The zero-order chi connectivity index (χ0) is 17.5. The monoisotopic (exact) mass is 476 g/mol. The van der Waals surface area contributed by atoms with Gasteiger partial charge in [-0.15, -0.1) is 35.3 Å². The van der Waals surface area contributed by atoms with Gasteiger partial charge < -0.3 is 15.5 Å². The number of hydrogen-bond acceptors (Lipinski definition) is 3. The minimum atomic E-state index is -0.178. The maximum absolute atomic E-state index is 13.6. The van der Waals surface area contributed by atoms with Crippen LogP contribution in [0.1, 0.15) is 22.0 Å². The van der Waals surface area contributed by atoms with E-state index >= 15 is 0 Å². The van der Waals surface area contributed by atoms with Crippen molar-refractivity contribution in [3.63, 3.8) is 0 Å². The fraction of sp³-hybridized carbons (Fsp3) is 0.389. The average Bonchev–Trinajstić information content (AvgIpc) is 3.07. The van der Waals surface area contributed by atoms with Crippen LogP contribution in [0, 0.1) is 12.7 Å². The van der Waals surface area contributed by atoms with Crippen LogP contribution in [-0.4, -0.2) is 38.5 Å². The predicted octanol–water partition coefficient (Wildman–Crippen LogP) is 3.78. The highest BCUT2D eigenvalue weighted by Gasteiger charge is 2.15. The van der Waals surface area contributed by atoms with Crippen molar-refractivity contribution in [2.75, 3.05) is 27.7 Å². The normalized spacial score (nSPS) is 12.6. The van der Waals surface area contributed by atoms with Crippen molar-refractivity contribution in [3.05, 3.63) is 57.5 Å².